The third-order valence-corrected chi connectivity index (χ3v) is 4.20. The van der Waals surface area contributed by atoms with Crippen LogP contribution in [-0.2, 0) is 11.3 Å². The molecule has 4 rings (SSSR count). The molecule has 1 amide bonds. The number of rotatable bonds is 6. The first-order chi connectivity index (χ1) is 14.0. The molecule has 0 bridgehead atoms. The third-order valence-electron chi connectivity index (χ3n) is 4.20. The van der Waals surface area contributed by atoms with E-state index in [-0.39, 0.29) is 12.7 Å². The van der Waals surface area contributed by atoms with E-state index in [1.54, 1.807) is 0 Å². The molecular formula is C21H21N5O3. The van der Waals surface area contributed by atoms with E-state index in [1.807, 2.05) is 55.5 Å². The number of hydrogen-bond donors (Lipinski definition) is 3. The Hall–Kier alpha value is -3.81. The van der Waals surface area contributed by atoms with Gasteiger partial charge < -0.3 is 25.4 Å². The van der Waals surface area contributed by atoms with Crippen LogP contribution in [-0.4, -0.2) is 22.7 Å². The second kappa shape index (κ2) is 8.05. The largest absolute Gasteiger partial charge is 0.454 e. The van der Waals surface area contributed by atoms with Gasteiger partial charge in [0.2, 0.25) is 18.6 Å². The molecule has 1 aliphatic rings. The molecular weight excluding hydrogens is 370 g/mol. The summed E-state index contributed by atoms with van der Waals surface area (Å²) in [6.45, 7) is 4.20. The van der Waals surface area contributed by atoms with Crippen molar-refractivity contribution in [2.45, 2.75) is 20.4 Å². The van der Waals surface area contributed by atoms with Crippen LogP contribution in [0.3, 0.4) is 0 Å². The predicted molar refractivity (Wildman–Crippen MR) is 111 cm³/mol. The number of benzene rings is 2. The zero-order valence-corrected chi connectivity index (χ0v) is 16.2. The zero-order valence-electron chi connectivity index (χ0n) is 16.2. The van der Waals surface area contributed by atoms with Crippen molar-refractivity contribution in [2.75, 3.05) is 22.7 Å². The number of anilines is 4. The highest BCUT2D eigenvalue weighted by Crippen LogP contribution is 2.32. The fraction of sp³-hybridized carbons (Fsp3) is 0.190. The molecule has 0 radical (unpaired) electrons. The maximum Gasteiger partial charge on any atom is 0.231 e. The first-order valence-electron chi connectivity index (χ1n) is 9.18. The van der Waals surface area contributed by atoms with Gasteiger partial charge in [0.1, 0.15) is 5.82 Å². The summed E-state index contributed by atoms with van der Waals surface area (Å²) in [6.07, 6.45) is 0. The van der Waals surface area contributed by atoms with E-state index in [2.05, 4.69) is 25.9 Å². The Kier molecular flexibility index (Phi) is 5.15. The lowest BCUT2D eigenvalue weighted by molar-refractivity contribution is -0.114. The van der Waals surface area contributed by atoms with Crippen molar-refractivity contribution < 1.29 is 14.3 Å². The molecule has 29 heavy (non-hydrogen) atoms. The average Bonchev–Trinajstić information content (AvgIpc) is 3.13. The number of nitrogens with zero attached hydrogens (tertiary/aromatic N) is 2. The van der Waals surface area contributed by atoms with Crippen LogP contribution in [0.1, 0.15) is 18.2 Å². The summed E-state index contributed by atoms with van der Waals surface area (Å²) in [4.78, 5) is 20.2. The number of carbonyl (C=O) groups is 1. The Morgan fingerprint density at radius 1 is 1.03 bits per heavy atom. The van der Waals surface area contributed by atoms with Crippen LogP contribution in [0, 0.1) is 6.92 Å². The summed E-state index contributed by atoms with van der Waals surface area (Å²) in [7, 11) is 0. The SMILES string of the molecule is CC(=O)Nc1cccc(Nc2cc(C)nc(NCc3ccc4c(c3)OCO4)n2)c1. The molecule has 0 saturated carbocycles. The Morgan fingerprint density at radius 3 is 2.72 bits per heavy atom. The average molecular weight is 391 g/mol. The highest BCUT2D eigenvalue weighted by molar-refractivity contribution is 5.89. The number of amides is 1. The molecule has 3 N–H and O–H groups in total. The first kappa shape index (κ1) is 18.5. The number of nitrogens with one attached hydrogen (secondary N) is 3. The number of hydrogen-bond acceptors (Lipinski definition) is 7. The van der Waals surface area contributed by atoms with Crippen molar-refractivity contribution >= 4 is 29.0 Å². The van der Waals surface area contributed by atoms with Crippen LogP contribution in [0.15, 0.2) is 48.5 Å². The third kappa shape index (κ3) is 4.73. The van der Waals surface area contributed by atoms with Gasteiger partial charge in [-0.05, 0) is 42.8 Å². The van der Waals surface area contributed by atoms with Crippen molar-refractivity contribution in [1.29, 1.82) is 0 Å². The number of carbonyl (C=O) groups excluding carboxylic acids is 1. The molecule has 8 heteroatoms. The molecule has 2 heterocycles. The maximum atomic E-state index is 11.2. The summed E-state index contributed by atoms with van der Waals surface area (Å²) in [5, 5.41) is 9.26. The van der Waals surface area contributed by atoms with Crippen LogP contribution in [0.2, 0.25) is 0 Å². The van der Waals surface area contributed by atoms with E-state index in [0.717, 1.165) is 34.1 Å². The van der Waals surface area contributed by atoms with Gasteiger partial charge >= 0.3 is 0 Å². The Morgan fingerprint density at radius 2 is 1.86 bits per heavy atom. The molecule has 0 spiro atoms. The van der Waals surface area contributed by atoms with Crippen molar-refractivity contribution in [1.82, 2.24) is 9.97 Å². The molecule has 2 aromatic carbocycles. The van der Waals surface area contributed by atoms with Crippen LogP contribution in [0.4, 0.5) is 23.1 Å². The fourth-order valence-electron chi connectivity index (χ4n) is 2.97. The van der Waals surface area contributed by atoms with E-state index in [9.17, 15) is 4.79 Å². The van der Waals surface area contributed by atoms with E-state index in [0.29, 0.717) is 18.3 Å². The Balaban J connectivity index is 1.45. The van der Waals surface area contributed by atoms with Crippen LogP contribution < -0.4 is 25.4 Å². The van der Waals surface area contributed by atoms with Gasteiger partial charge in [-0.2, -0.15) is 4.98 Å². The lowest BCUT2D eigenvalue weighted by Crippen LogP contribution is -2.07. The minimum absolute atomic E-state index is 0.116. The smallest absolute Gasteiger partial charge is 0.231 e. The number of fused-ring (bicyclic) bond motifs is 1. The van der Waals surface area contributed by atoms with Gasteiger partial charge in [-0.3, -0.25) is 4.79 Å². The zero-order chi connectivity index (χ0) is 20.2. The van der Waals surface area contributed by atoms with Crippen LogP contribution in [0.25, 0.3) is 0 Å². The van der Waals surface area contributed by atoms with Crippen molar-refractivity contribution in [3.8, 4) is 11.5 Å². The number of aryl methyl sites for hydroxylation is 1. The predicted octanol–water partition coefficient (Wildman–Crippen LogP) is 3.83. The van der Waals surface area contributed by atoms with Gasteiger partial charge in [0.25, 0.3) is 0 Å². The monoisotopic (exact) mass is 391 g/mol. The van der Waals surface area contributed by atoms with Gasteiger partial charge in [0, 0.05) is 36.6 Å². The minimum Gasteiger partial charge on any atom is -0.454 e. The molecule has 0 atom stereocenters. The quantitative estimate of drug-likeness (QED) is 0.587. The van der Waals surface area contributed by atoms with Gasteiger partial charge in [0.05, 0.1) is 0 Å². The van der Waals surface area contributed by atoms with E-state index in [1.165, 1.54) is 6.92 Å². The van der Waals surface area contributed by atoms with Crippen LogP contribution >= 0.6 is 0 Å². The van der Waals surface area contributed by atoms with Crippen LogP contribution in [0.5, 0.6) is 11.5 Å². The van der Waals surface area contributed by atoms with Gasteiger partial charge in [-0.1, -0.05) is 12.1 Å². The van der Waals surface area contributed by atoms with E-state index < -0.39 is 0 Å². The number of aromatic nitrogens is 2. The normalized spacial score (nSPS) is 11.8. The van der Waals surface area contributed by atoms with Gasteiger partial charge in [-0.15, -0.1) is 0 Å². The molecule has 0 fully saturated rings. The Bertz CT molecular complexity index is 1050. The van der Waals surface area contributed by atoms with Crippen molar-refractivity contribution in [3.63, 3.8) is 0 Å². The first-order valence-corrected chi connectivity index (χ1v) is 9.18. The fourth-order valence-corrected chi connectivity index (χ4v) is 2.97. The molecule has 1 aromatic heterocycles. The molecule has 148 valence electrons. The van der Waals surface area contributed by atoms with Gasteiger partial charge in [-0.25, -0.2) is 4.98 Å². The van der Waals surface area contributed by atoms with Crippen molar-refractivity contribution in [3.05, 3.63) is 59.8 Å². The summed E-state index contributed by atoms with van der Waals surface area (Å²) >= 11 is 0. The molecule has 1 aliphatic heterocycles. The summed E-state index contributed by atoms with van der Waals surface area (Å²) < 4.78 is 10.7. The minimum atomic E-state index is -0.116. The second-order valence-corrected chi connectivity index (χ2v) is 6.65. The molecule has 0 saturated heterocycles. The standard InChI is InChI=1S/C21H21N5O3/c1-13-8-20(25-17-5-3-4-16(10-17)24-14(2)27)26-21(23-13)22-11-15-6-7-18-19(9-15)29-12-28-18/h3-10H,11-12H2,1-2H3,(H,24,27)(H2,22,23,25,26). The second-order valence-electron chi connectivity index (χ2n) is 6.65. The molecule has 0 aliphatic carbocycles. The highest BCUT2D eigenvalue weighted by Gasteiger charge is 2.13. The summed E-state index contributed by atoms with van der Waals surface area (Å²) in [6, 6.07) is 15.1. The highest BCUT2D eigenvalue weighted by atomic mass is 16.7. The summed E-state index contributed by atoms with van der Waals surface area (Å²) in [5.41, 5.74) is 3.40. The van der Waals surface area contributed by atoms with E-state index in [4.69, 9.17) is 9.47 Å². The lowest BCUT2D eigenvalue weighted by Gasteiger charge is -2.11. The number of ether oxygens (including phenoxy) is 2. The molecule has 8 nitrogen and oxygen atoms in total. The Labute approximate surface area is 168 Å². The van der Waals surface area contributed by atoms with E-state index >= 15 is 0 Å². The lowest BCUT2D eigenvalue weighted by atomic mass is 10.2. The molecule has 0 unspecified atom stereocenters. The maximum absolute atomic E-state index is 11.2. The van der Waals surface area contributed by atoms with Crippen molar-refractivity contribution in [2.24, 2.45) is 0 Å². The topological polar surface area (TPSA) is 97.4 Å². The summed E-state index contributed by atoms with van der Waals surface area (Å²) in [5.74, 6) is 2.56. The molecule has 3 aromatic rings. The van der Waals surface area contributed by atoms with Gasteiger partial charge in [0.15, 0.2) is 11.5 Å².